The maximum atomic E-state index is 13.9. The molecule has 1 amide bonds. The van der Waals surface area contributed by atoms with Gasteiger partial charge in [-0.05, 0) is 82.1 Å². The third-order valence-electron chi connectivity index (χ3n) is 7.34. The van der Waals surface area contributed by atoms with Gasteiger partial charge < -0.3 is 14.5 Å². The lowest BCUT2D eigenvalue weighted by Gasteiger charge is -2.36. The van der Waals surface area contributed by atoms with Gasteiger partial charge in [-0.25, -0.2) is 4.79 Å². The van der Waals surface area contributed by atoms with E-state index in [4.69, 9.17) is 4.74 Å². The molecule has 0 unspecified atom stereocenters. The number of carbonyl (C=O) groups is 2. The highest BCUT2D eigenvalue weighted by Gasteiger charge is 2.34. The van der Waals surface area contributed by atoms with Crippen LogP contribution >= 0.6 is 11.3 Å². The van der Waals surface area contributed by atoms with Crippen LogP contribution in [0.3, 0.4) is 0 Å². The maximum Gasteiger partial charge on any atom is 0.350 e. The highest BCUT2D eigenvalue weighted by atomic mass is 32.1. The minimum atomic E-state index is -0.365. The Hall–Kier alpha value is -2.18. The number of ether oxygens (including phenoxy) is 1. The van der Waals surface area contributed by atoms with Crippen LogP contribution < -0.4 is 4.90 Å². The van der Waals surface area contributed by atoms with Crippen molar-refractivity contribution in [2.45, 2.75) is 45.4 Å². The van der Waals surface area contributed by atoms with Crippen LogP contribution in [0.1, 0.15) is 55.1 Å². The molecule has 1 saturated heterocycles. The number of carbonyl (C=O) groups excluding carboxylic acids is 2. The molecular weight excluding hydrogens is 432 g/mol. The predicted octanol–water partition coefficient (Wildman–Crippen LogP) is 5.70. The molecule has 0 atom stereocenters. The van der Waals surface area contributed by atoms with E-state index < -0.39 is 0 Å². The summed E-state index contributed by atoms with van der Waals surface area (Å²) in [6.45, 7) is 5.05. The molecular formula is C27H36N2O3S. The molecule has 33 heavy (non-hydrogen) atoms. The number of piperidine rings is 1. The molecule has 6 heteroatoms. The molecule has 0 radical (unpaired) electrons. The number of hydrogen-bond acceptors (Lipinski definition) is 5. The fourth-order valence-electron chi connectivity index (χ4n) is 5.10. The van der Waals surface area contributed by atoms with Gasteiger partial charge in [0.25, 0.3) is 0 Å². The first kappa shape index (κ1) is 24.0. The summed E-state index contributed by atoms with van der Waals surface area (Å²) in [6, 6.07) is 12.1. The third-order valence-corrected chi connectivity index (χ3v) is 8.50. The van der Waals surface area contributed by atoms with Crippen molar-refractivity contribution in [3.8, 4) is 10.4 Å². The number of benzene rings is 1. The van der Waals surface area contributed by atoms with Gasteiger partial charge in [-0.3, -0.25) is 4.79 Å². The van der Waals surface area contributed by atoms with Crippen LogP contribution in [0, 0.1) is 17.8 Å². The molecule has 178 valence electrons. The van der Waals surface area contributed by atoms with Gasteiger partial charge in [-0.1, -0.05) is 37.3 Å². The average molecular weight is 469 g/mol. The minimum absolute atomic E-state index is 0.0398. The second-order valence-corrected chi connectivity index (χ2v) is 10.9. The Bertz CT molecular complexity index is 942. The number of anilines is 1. The Labute approximate surface area is 201 Å². The molecule has 0 bridgehead atoms. The van der Waals surface area contributed by atoms with Crippen molar-refractivity contribution >= 4 is 28.9 Å². The van der Waals surface area contributed by atoms with Gasteiger partial charge in [0, 0.05) is 17.3 Å². The van der Waals surface area contributed by atoms with Gasteiger partial charge in [0.1, 0.15) is 4.88 Å². The molecule has 2 heterocycles. The van der Waals surface area contributed by atoms with Crippen molar-refractivity contribution in [1.29, 1.82) is 0 Å². The first-order valence-corrected chi connectivity index (χ1v) is 13.1. The highest BCUT2D eigenvalue weighted by molar-refractivity contribution is 7.18. The molecule has 0 N–H and O–H groups in total. The van der Waals surface area contributed by atoms with E-state index in [9.17, 15) is 9.59 Å². The molecule has 0 spiro atoms. The minimum Gasteiger partial charge on any atom is -0.465 e. The fraction of sp³-hybridized carbons (Fsp3) is 0.556. The normalized spacial score (nSPS) is 22.2. The van der Waals surface area contributed by atoms with E-state index in [-0.39, 0.29) is 17.8 Å². The Morgan fingerprint density at radius 3 is 2.36 bits per heavy atom. The van der Waals surface area contributed by atoms with E-state index in [1.165, 1.54) is 18.4 Å². The summed E-state index contributed by atoms with van der Waals surface area (Å²) in [4.78, 5) is 32.5. The lowest BCUT2D eigenvalue weighted by Crippen LogP contribution is -2.43. The van der Waals surface area contributed by atoms with Gasteiger partial charge in [0.05, 0.1) is 12.8 Å². The first-order valence-electron chi connectivity index (χ1n) is 12.2. The van der Waals surface area contributed by atoms with Crippen LogP contribution in [-0.2, 0) is 9.53 Å². The Balaban J connectivity index is 1.69. The van der Waals surface area contributed by atoms with Crippen LogP contribution in [0.15, 0.2) is 36.4 Å². The molecule has 2 fully saturated rings. The summed E-state index contributed by atoms with van der Waals surface area (Å²) in [5.74, 6) is 0.989. The third kappa shape index (κ3) is 5.67. The smallest absolute Gasteiger partial charge is 0.350 e. The molecule has 1 aliphatic heterocycles. The zero-order valence-electron chi connectivity index (χ0n) is 20.1. The van der Waals surface area contributed by atoms with Crippen LogP contribution in [0.25, 0.3) is 10.4 Å². The average Bonchev–Trinajstić information content (AvgIpc) is 3.29. The predicted molar refractivity (Wildman–Crippen MR) is 135 cm³/mol. The largest absolute Gasteiger partial charge is 0.465 e. The van der Waals surface area contributed by atoms with Gasteiger partial charge in [0.2, 0.25) is 5.91 Å². The van der Waals surface area contributed by atoms with Gasteiger partial charge in [-0.2, -0.15) is 0 Å². The zero-order chi connectivity index (χ0) is 23.4. The number of nitrogens with zero attached hydrogens (tertiary/aromatic N) is 2. The van der Waals surface area contributed by atoms with Crippen molar-refractivity contribution in [3.63, 3.8) is 0 Å². The van der Waals surface area contributed by atoms with Crippen LogP contribution in [-0.4, -0.2) is 50.6 Å². The summed E-state index contributed by atoms with van der Waals surface area (Å²) in [6.07, 6.45) is 6.22. The van der Waals surface area contributed by atoms with Crippen LogP contribution in [0.2, 0.25) is 0 Å². The molecule has 1 saturated carbocycles. The molecule has 5 nitrogen and oxygen atoms in total. The molecule has 2 aromatic rings. The quantitative estimate of drug-likeness (QED) is 0.510. The number of likely N-dealkylation sites (tertiary alicyclic amines) is 1. The Morgan fingerprint density at radius 1 is 1.06 bits per heavy atom. The molecule has 1 aliphatic carbocycles. The summed E-state index contributed by atoms with van der Waals surface area (Å²) < 4.78 is 5.15. The van der Waals surface area contributed by atoms with E-state index in [1.54, 1.807) is 0 Å². The second kappa shape index (κ2) is 10.8. The molecule has 1 aromatic heterocycles. The number of hydrogen-bond donors (Lipinski definition) is 0. The van der Waals surface area contributed by atoms with E-state index >= 15 is 0 Å². The first-order chi connectivity index (χ1) is 16.0. The van der Waals surface area contributed by atoms with Crippen molar-refractivity contribution in [3.05, 3.63) is 41.3 Å². The van der Waals surface area contributed by atoms with Crippen molar-refractivity contribution in [2.24, 2.45) is 17.8 Å². The molecule has 4 rings (SSSR count). The summed E-state index contributed by atoms with van der Waals surface area (Å²) in [5.41, 5.74) is 1.78. The number of esters is 1. The number of thiophene rings is 1. The second-order valence-electron chi connectivity index (χ2n) is 9.83. The lowest BCUT2D eigenvalue weighted by atomic mass is 9.82. The van der Waals surface area contributed by atoms with Crippen molar-refractivity contribution in [1.82, 2.24) is 4.90 Å². The van der Waals surface area contributed by atoms with Gasteiger partial charge in [0.15, 0.2) is 0 Å². The highest BCUT2D eigenvalue weighted by Crippen LogP contribution is 2.40. The van der Waals surface area contributed by atoms with Gasteiger partial charge >= 0.3 is 5.97 Å². The lowest BCUT2D eigenvalue weighted by molar-refractivity contribution is -0.123. The van der Waals surface area contributed by atoms with E-state index in [0.717, 1.165) is 67.7 Å². The van der Waals surface area contributed by atoms with E-state index in [2.05, 4.69) is 18.9 Å². The van der Waals surface area contributed by atoms with Crippen molar-refractivity contribution < 1.29 is 14.3 Å². The fourth-order valence-corrected chi connectivity index (χ4v) is 6.19. The summed E-state index contributed by atoms with van der Waals surface area (Å²) in [7, 11) is 3.57. The van der Waals surface area contributed by atoms with Crippen molar-refractivity contribution in [2.75, 3.05) is 38.7 Å². The SMILES string of the molecule is COC(=O)c1sc(-c2ccccc2)cc1N(CC1CCN(C)CC1)C(=O)C1CCC(C)CC1. The Kier molecular flexibility index (Phi) is 7.86. The Morgan fingerprint density at radius 2 is 1.73 bits per heavy atom. The topological polar surface area (TPSA) is 49.9 Å². The zero-order valence-corrected chi connectivity index (χ0v) is 20.9. The maximum absolute atomic E-state index is 13.9. The van der Waals surface area contributed by atoms with Crippen LogP contribution in [0.4, 0.5) is 5.69 Å². The van der Waals surface area contributed by atoms with Crippen LogP contribution in [0.5, 0.6) is 0 Å². The number of rotatable bonds is 6. The summed E-state index contributed by atoms with van der Waals surface area (Å²) >= 11 is 1.42. The monoisotopic (exact) mass is 468 g/mol. The number of methoxy groups -OCH3 is 1. The summed E-state index contributed by atoms with van der Waals surface area (Å²) in [5, 5.41) is 0. The number of amides is 1. The van der Waals surface area contributed by atoms with E-state index in [1.807, 2.05) is 41.3 Å². The standard InChI is InChI=1S/C27H36N2O3S/c1-19-9-11-22(12-10-19)26(30)29(18-20-13-15-28(2)16-14-20)23-17-24(21-7-5-4-6-8-21)33-25(23)27(31)32-3/h4-8,17,19-20,22H,9-16,18H2,1-3H3. The van der Waals surface area contributed by atoms with Gasteiger partial charge in [-0.15, -0.1) is 11.3 Å². The molecule has 2 aliphatic rings. The molecule has 1 aromatic carbocycles. The van der Waals surface area contributed by atoms with E-state index in [0.29, 0.717) is 23.3 Å².